The van der Waals surface area contributed by atoms with Crippen molar-refractivity contribution < 1.29 is 0 Å². The number of hydrogen-bond acceptors (Lipinski definition) is 2. The number of rotatable bonds is 3. The molecule has 0 saturated carbocycles. The number of halogens is 2. The largest absolute Gasteiger partial charge is 0.323 e. The topological polar surface area (TPSA) is 15.6 Å². The Morgan fingerprint density at radius 1 is 1.10 bits per heavy atom. The summed E-state index contributed by atoms with van der Waals surface area (Å²) in [5.41, 5.74) is 2.88. The first kappa shape index (κ1) is 14.2. The Morgan fingerprint density at radius 2 is 1.86 bits per heavy atom. The molecule has 0 amide bonds. The zero-order valence-electron chi connectivity index (χ0n) is 11.4. The molecule has 0 atom stereocenters. The van der Waals surface area contributed by atoms with Gasteiger partial charge in [0.25, 0.3) is 0 Å². The zero-order valence-corrected chi connectivity index (χ0v) is 12.9. The average Bonchev–Trinajstić information content (AvgIpc) is 2.96. The summed E-state index contributed by atoms with van der Waals surface area (Å²) in [7, 11) is 0. The number of hydrogen-bond donors (Lipinski definition) is 0. The third-order valence-corrected chi connectivity index (χ3v) is 3.97. The molecular formula is C17H14Cl2N2. The lowest BCUT2D eigenvalue weighted by Gasteiger charge is -2.23. The van der Waals surface area contributed by atoms with E-state index in [1.165, 1.54) is 0 Å². The molecule has 0 aromatic heterocycles. The number of amidine groups is 1. The number of aliphatic imine (C=N–C) groups is 1. The summed E-state index contributed by atoms with van der Waals surface area (Å²) in [4.78, 5) is 6.68. The minimum atomic E-state index is 0.623. The van der Waals surface area contributed by atoms with E-state index in [0.717, 1.165) is 35.7 Å². The van der Waals surface area contributed by atoms with E-state index in [-0.39, 0.29) is 0 Å². The van der Waals surface area contributed by atoms with E-state index in [0.29, 0.717) is 10.0 Å². The molecule has 0 N–H and O–H groups in total. The first-order valence-corrected chi connectivity index (χ1v) is 7.44. The highest BCUT2D eigenvalue weighted by Gasteiger charge is 2.23. The van der Waals surface area contributed by atoms with E-state index in [9.17, 15) is 0 Å². The molecule has 0 saturated heterocycles. The second-order valence-electron chi connectivity index (χ2n) is 4.80. The molecule has 2 aromatic rings. The van der Waals surface area contributed by atoms with Crippen LogP contribution in [0.1, 0.15) is 5.56 Å². The van der Waals surface area contributed by atoms with Gasteiger partial charge in [-0.2, -0.15) is 0 Å². The smallest absolute Gasteiger partial charge is 0.135 e. The SMILES string of the molecule is C=C(C1=NCCN1c1ccc(Cl)cc1Cl)c1ccccc1. The Hall–Kier alpha value is -1.77. The van der Waals surface area contributed by atoms with Crippen LogP contribution in [0, 0.1) is 0 Å². The molecule has 0 unspecified atom stereocenters. The molecule has 1 aliphatic heterocycles. The predicted molar refractivity (Wildman–Crippen MR) is 91.6 cm³/mol. The lowest BCUT2D eigenvalue weighted by Crippen LogP contribution is -2.28. The van der Waals surface area contributed by atoms with E-state index in [1.807, 2.05) is 42.5 Å². The first-order chi connectivity index (χ1) is 10.2. The van der Waals surface area contributed by atoms with Crippen LogP contribution in [-0.2, 0) is 0 Å². The van der Waals surface area contributed by atoms with Gasteiger partial charge in [-0.15, -0.1) is 0 Å². The minimum Gasteiger partial charge on any atom is -0.323 e. The molecule has 4 heteroatoms. The van der Waals surface area contributed by atoms with Crippen LogP contribution in [0.3, 0.4) is 0 Å². The molecule has 0 spiro atoms. The average molecular weight is 317 g/mol. The number of benzene rings is 2. The van der Waals surface area contributed by atoms with Gasteiger partial charge in [-0.1, -0.05) is 60.1 Å². The van der Waals surface area contributed by atoms with Gasteiger partial charge in [-0.3, -0.25) is 4.99 Å². The molecule has 106 valence electrons. The lowest BCUT2D eigenvalue weighted by atomic mass is 10.1. The van der Waals surface area contributed by atoms with Gasteiger partial charge in [0, 0.05) is 17.1 Å². The quantitative estimate of drug-likeness (QED) is 0.784. The third-order valence-electron chi connectivity index (χ3n) is 3.43. The van der Waals surface area contributed by atoms with Crippen LogP contribution in [0.4, 0.5) is 5.69 Å². The van der Waals surface area contributed by atoms with E-state index < -0.39 is 0 Å². The second kappa shape index (κ2) is 5.92. The lowest BCUT2D eigenvalue weighted by molar-refractivity contribution is 1.02. The Labute approximate surface area is 134 Å². The van der Waals surface area contributed by atoms with Crippen molar-refractivity contribution in [2.24, 2.45) is 4.99 Å². The summed E-state index contributed by atoms with van der Waals surface area (Å²) in [5, 5.41) is 1.25. The molecule has 1 heterocycles. The summed E-state index contributed by atoms with van der Waals surface area (Å²) in [6.07, 6.45) is 0. The van der Waals surface area contributed by atoms with Gasteiger partial charge in [0.1, 0.15) is 5.84 Å². The van der Waals surface area contributed by atoms with Gasteiger partial charge in [0.05, 0.1) is 17.3 Å². The molecule has 0 fully saturated rings. The van der Waals surface area contributed by atoms with E-state index in [4.69, 9.17) is 23.2 Å². The standard InChI is InChI=1S/C17H14Cl2N2/c1-12(13-5-3-2-4-6-13)17-20-9-10-21(17)16-8-7-14(18)11-15(16)19/h2-8,11H,1,9-10H2. The molecule has 0 bridgehead atoms. The monoisotopic (exact) mass is 316 g/mol. The Bertz CT molecular complexity index is 708. The van der Waals surface area contributed by atoms with Gasteiger partial charge in [0.15, 0.2) is 0 Å². The predicted octanol–water partition coefficient (Wildman–Crippen LogP) is 4.93. The van der Waals surface area contributed by atoms with Gasteiger partial charge in [0.2, 0.25) is 0 Å². The first-order valence-electron chi connectivity index (χ1n) is 6.68. The van der Waals surface area contributed by atoms with Crippen molar-refractivity contribution in [2.45, 2.75) is 0 Å². The fraction of sp³-hybridized carbons (Fsp3) is 0.118. The van der Waals surface area contributed by atoms with Crippen LogP contribution in [0.5, 0.6) is 0 Å². The maximum atomic E-state index is 6.31. The van der Waals surface area contributed by atoms with Crippen LogP contribution in [0.15, 0.2) is 60.1 Å². The maximum absolute atomic E-state index is 6.31. The number of anilines is 1. The minimum absolute atomic E-state index is 0.623. The van der Waals surface area contributed by atoms with Gasteiger partial charge >= 0.3 is 0 Å². The molecule has 0 radical (unpaired) electrons. The van der Waals surface area contributed by atoms with Crippen molar-refractivity contribution in [3.8, 4) is 0 Å². The summed E-state index contributed by atoms with van der Waals surface area (Å²) in [5.74, 6) is 0.866. The normalized spacial score (nSPS) is 14.2. The third kappa shape index (κ3) is 2.82. The van der Waals surface area contributed by atoms with Crippen LogP contribution in [-0.4, -0.2) is 18.9 Å². The van der Waals surface area contributed by atoms with E-state index in [1.54, 1.807) is 6.07 Å². The Kier molecular flexibility index (Phi) is 4.00. The summed E-state index contributed by atoms with van der Waals surface area (Å²) in [6.45, 7) is 5.72. The van der Waals surface area contributed by atoms with Crippen LogP contribution < -0.4 is 4.90 Å². The van der Waals surface area contributed by atoms with Crippen molar-refractivity contribution in [3.63, 3.8) is 0 Å². The zero-order chi connectivity index (χ0) is 14.8. The summed E-state index contributed by atoms with van der Waals surface area (Å²) < 4.78 is 0. The van der Waals surface area contributed by atoms with E-state index >= 15 is 0 Å². The van der Waals surface area contributed by atoms with Crippen molar-refractivity contribution in [3.05, 3.63) is 70.7 Å². The molecule has 1 aliphatic rings. The molecule has 2 aromatic carbocycles. The van der Waals surface area contributed by atoms with Gasteiger partial charge in [-0.25, -0.2) is 0 Å². The highest BCUT2D eigenvalue weighted by atomic mass is 35.5. The fourth-order valence-electron chi connectivity index (χ4n) is 2.41. The molecular weight excluding hydrogens is 303 g/mol. The molecule has 0 aliphatic carbocycles. The highest BCUT2D eigenvalue weighted by Crippen LogP contribution is 2.32. The second-order valence-corrected chi connectivity index (χ2v) is 5.64. The van der Waals surface area contributed by atoms with Gasteiger partial charge < -0.3 is 4.90 Å². The van der Waals surface area contributed by atoms with Gasteiger partial charge in [-0.05, 0) is 23.8 Å². The Morgan fingerprint density at radius 3 is 2.57 bits per heavy atom. The summed E-state index contributed by atoms with van der Waals surface area (Å²) in [6, 6.07) is 15.6. The highest BCUT2D eigenvalue weighted by molar-refractivity contribution is 6.38. The van der Waals surface area contributed by atoms with Crippen molar-refractivity contribution in [1.82, 2.24) is 0 Å². The molecule has 21 heavy (non-hydrogen) atoms. The molecule has 2 nitrogen and oxygen atoms in total. The number of nitrogens with zero attached hydrogens (tertiary/aromatic N) is 2. The van der Waals surface area contributed by atoms with Crippen LogP contribution >= 0.6 is 23.2 Å². The van der Waals surface area contributed by atoms with Crippen molar-refractivity contribution >= 4 is 40.3 Å². The van der Waals surface area contributed by atoms with E-state index in [2.05, 4.69) is 16.5 Å². The summed E-state index contributed by atoms with van der Waals surface area (Å²) >= 11 is 12.3. The van der Waals surface area contributed by atoms with Crippen molar-refractivity contribution in [2.75, 3.05) is 18.0 Å². The Balaban J connectivity index is 1.94. The maximum Gasteiger partial charge on any atom is 0.135 e. The molecule has 3 rings (SSSR count). The van der Waals surface area contributed by atoms with Crippen LogP contribution in [0.2, 0.25) is 10.0 Å². The fourth-order valence-corrected chi connectivity index (χ4v) is 2.92. The van der Waals surface area contributed by atoms with Crippen molar-refractivity contribution in [1.29, 1.82) is 0 Å². The van der Waals surface area contributed by atoms with Crippen LogP contribution in [0.25, 0.3) is 5.57 Å².